The summed E-state index contributed by atoms with van der Waals surface area (Å²) >= 11 is 7.43. The van der Waals surface area contributed by atoms with Gasteiger partial charge in [-0.3, -0.25) is 9.59 Å². The molecular formula is C28H30ClFN2O2S. The molecule has 0 aliphatic carbocycles. The van der Waals surface area contributed by atoms with Crippen molar-refractivity contribution < 1.29 is 14.0 Å². The number of halogens is 2. The molecule has 0 saturated carbocycles. The predicted molar refractivity (Wildman–Crippen MR) is 142 cm³/mol. The first-order valence-corrected chi connectivity index (χ1v) is 13.1. The quantitative estimate of drug-likeness (QED) is 0.353. The molecule has 0 saturated heterocycles. The molecular weight excluding hydrogens is 483 g/mol. The number of benzene rings is 3. The molecule has 1 N–H and O–H groups in total. The maximum Gasteiger partial charge on any atom is 0.243 e. The second-order valence-electron chi connectivity index (χ2n) is 8.30. The summed E-state index contributed by atoms with van der Waals surface area (Å²) in [7, 11) is 0. The molecule has 0 bridgehead atoms. The van der Waals surface area contributed by atoms with E-state index in [1.54, 1.807) is 17.0 Å². The summed E-state index contributed by atoms with van der Waals surface area (Å²) in [5.74, 6) is -0.408. The third kappa shape index (κ3) is 7.84. The topological polar surface area (TPSA) is 49.4 Å². The van der Waals surface area contributed by atoms with Crippen LogP contribution in [-0.4, -0.2) is 35.1 Å². The minimum atomic E-state index is -0.677. The largest absolute Gasteiger partial charge is 0.355 e. The van der Waals surface area contributed by atoms with E-state index in [1.807, 2.05) is 68.4 Å². The van der Waals surface area contributed by atoms with Crippen LogP contribution >= 0.6 is 23.4 Å². The van der Waals surface area contributed by atoms with Gasteiger partial charge in [0.2, 0.25) is 11.8 Å². The number of amides is 2. The summed E-state index contributed by atoms with van der Waals surface area (Å²) in [5.41, 5.74) is 3.40. The van der Waals surface area contributed by atoms with E-state index in [1.165, 1.54) is 17.8 Å². The van der Waals surface area contributed by atoms with Crippen molar-refractivity contribution in [1.29, 1.82) is 0 Å². The fraction of sp³-hybridized carbons (Fsp3) is 0.286. The summed E-state index contributed by atoms with van der Waals surface area (Å²) in [5, 5.41) is 3.22. The van der Waals surface area contributed by atoms with Crippen LogP contribution in [0.4, 0.5) is 4.39 Å². The van der Waals surface area contributed by atoms with Gasteiger partial charge in [-0.2, -0.15) is 0 Å². The molecule has 184 valence electrons. The molecule has 0 aromatic heterocycles. The van der Waals surface area contributed by atoms with Crippen molar-refractivity contribution in [2.45, 2.75) is 38.6 Å². The summed E-state index contributed by atoms with van der Waals surface area (Å²) in [6, 6.07) is 21.5. The number of rotatable bonds is 11. The van der Waals surface area contributed by atoms with Crippen molar-refractivity contribution in [2.24, 2.45) is 0 Å². The third-order valence-corrected chi connectivity index (χ3v) is 6.93. The highest BCUT2D eigenvalue weighted by atomic mass is 35.5. The first-order valence-electron chi connectivity index (χ1n) is 11.6. The SMILES string of the molecule is CCNC(=O)[C@H](Cc1ccccc1)N(Cc1ccc(C)cc1)C(=O)CSCc1c(F)cccc1Cl. The Labute approximate surface area is 215 Å². The van der Waals surface area contributed by atoms with Gasteiger partial charge in [-0.25, -0.2) is 4.39 Å². The van der Waals surface area contributed by atoms with E-state index in [2.05, 4.69) is 5.32 Å². The van der Waals surface area contributed by atoms with Crippen LogP contribution in [0.2, 0.25) is 5.02 Å². The van der Waals surface area contributed by atoms with Gasteiger partial charge in [-0.1, -0.05) is 77.8 Å². The van der Waals surface area contributed by atoms with E-state index in [0.717, 1.165) is 16.7 Å². The van der Waals surface area contributed by atoms with Gasteiger partial charge >= 0.3 is 0 Å². The molecule has 0 radical (unpaired) electrons. The molecule has 0 aliphatic rings. The first kappa shape index (κ1) is 26.8. The van der Waals surface area contributed by atoms with Gasteiger partial charge in [0.15, 0.2) is 0 Å². The van der Waals surface area contributed by atoms with Crippen LogP contribution in [0.5, 0.6) is 0 Å². The van der Waals surface area contributed by atoms with Crippen molar-refractivity contribution in [3.8, 4) is 0 Å². The minimum absolute atomic E-state index is 0.0984. The molecule has 1 atom stereocenters. The van der Waals surface area contributed by atoms with E-state index in [0.29, 0.717) is 30.1 Å². The van der Waals surface area contributed by atoms with Crippen LogP contribution in [0.25, 0.3) is 0 Å². The minimum Gasteiger partial charge on any atom is -0.355 e. The highest BCUT2D eigenvalue weighted by Crippen LogP contribution is 2.25. The van der Waals surface area contributed by atoms with Gasteiger partial charge in [0.05, 0.1) is 5.75 Å². The molecule has 2 amide bonds. The average molecular weight is 513 g/mol. The number of thioether (sulfide) groups is 1. The normalized spacial score (nSPS) is 11.7. The lowest BCUT2D eigenvalue weighted by molar-refractivity contribution is -0.139. The van der Waals surface area contributed by atoms with E-state index in [4.69, 9.17) is 11.6 Å². The number of nitrogens with zero attached hydrogens (tertiary/aromatic N) is 1. The van der Waals surface area contributed by atoms with Gasteiger partial charge in [0.25, 0.3) is 0 Å². The number of carbonyl (C=O) groups excluding carboxylic acids is 2. The molecule has 0 aliphatic heterocycles. The summed E-state index contributed by atoms with van der Waals surface area (Å²) in [6.07, 6.45) is 0.397. The zero-order valence-electron chi connectivity index (χ0n) is 20.0. The lowest BCUT2D eigenvalue weighted by Crippen LogP contribution is -2.51. The Morgan fingerprint density at radius 1 is 1.00 bits per heavy atom. The number of hydrogen-bond donors (Lipinski definition) is 1. The number of nitrogens with one attached hydrogen (secondary N) is 1. The Kier molecular flexibility index (Phi) is 10.2. The molecule has 0 spiro atoms. The predicted octanol–water partition coefficient (Wildman–Crippen LogP) is 5.80. The van der Waals surface area contributed by atoms with Crippen LogP contribution < -0.4 is 5.32 Å². The zero-order chi connectivity index (χ0) is 25.2. The second kappa shape index (κ2) is 13.3. The van der Waals surface area contributed by atoms with Crippen LogP contribution in [0, 0.1) is 12.7 Å². The maximum absolute atomic E-state index is 14.2. The fourth-order valence-corrected chi connectivity index (χ4v) is 4.98. The Morgan fingerprint density at radius 3 is 2.37 bits per heavy atom. The molecule has 3 rings (SSSR count). The zero-order valence-corrected chi connectivity index (χ0v) is 21.5. The smallest absolute Gasteiger partial charge is 0.243 e. The monoisotopic (exact) mass is 512 g/mol. The van der Waals surface area contributed by atoms with Gasteiger partial charge in [-0.15, -0.1) is 11.8 Å². The highest BCUT2D eigenvalue weighted by Gasteiger charge is 2.30. The van der Waals surface area contributed by atoms with Crippen LogP contribution in [0.15, 0.2) is 72.8 Å². The molecule has 3 aromatic rings. The van der Waals surface area contributed by atoms with Crippen LogP contribution in [0.1, 0.15) is 29.2 Å². The second-order valence-corrected chi connectivity index (χ2v) is 9.69. The maximum atomic E-state index is 14.2. The Morgan fingerprint density at radius 2 is 1.71 bits per heavy atom. The van der Waals surface area contributed by atoms with Crippen LogP contribution in [-0.2, 0) is 28.3 Å². The summed E-state index contributed by atoms with van der Waals surface area (Å²) in [6.45, 7) is 4.63. The van der Waals surface area contributed by atoms with Gasteiger partial charge < -0.3 is 10.2 Å². The Bertz CT molecular complexity index is 1110. The number of carbonyl (C=O) groups is 2. The third-order valence-electron chi connectivity index (χ3n) is 5.63. The average Bonchev–Trinajstić information content (AvgIpc) is 2.85. The van der Waals surface area contributed by atoms with E-state index < -0.39 is 11.9 Å². The molecule has 0 fully saturated rings. The standard InChI is InChI=1S/C28H30ClFN2O2S/c1-3-31-28(34)26(16-21-8-5-4-6-9-21)32(17-22-14-12-20(2)13-15-22)27(33)19-35-18-23-24(29)10-7-11-25(23)30/h4-15,26H,3,16-19H2,1-2H3,(H,31,34)/t26-/m0/s1. The van der Waals surface area contributed by atoms with Crippen molar-refractivity contribution >= 4 is 35.2 Å². The molecule has 0 heterocycles. The van der Waals surface area contributed by atoms with Gasteiger partial charge in [0, 0.05) is 35.8 Å². The molecule has 7 heteroatoms. The number of likely N-dealkylation sites (N-methyl/N-ethyl adjacent to an activating group) is 1. The molecule has 4 nitrogen and oxygen atoms in total. The Balaban J connectivity index is 1.84. The van der Waals surface area contributed by atoms with Crippen molar-refractivity contribution in [1.82, 2.24) is 10.2 Å². The lowest BCUT2D eigenvalue weighted by Gasteiger charge is -2.31. The van der Waals surface area contributed by atoms with Gasteiger partial charge in [0.1, 0.15) is 11.9 Å². The van der Waals surface area contributed by atoms with Crippen molar-refractivity contribution in [3.63, 3.8) is 0 Å². The Hall–Kier alpha value is -2.83. The van der Waals surface area contributed by atoms with E-state index >= 15 is 0 Å². The van der Waals surface area contributed by atoms with Crippen LogP contribution in [0.3, 0.4) is 0 Å². The lowest BCUT2D eigenvalue weighted by atomic mass is 10.0. The fourth-order valence-electron chi connectivity index (χ4n) is 3.73. The number of hydrogen-bond acceptors (Lipinski definition) is 3. The number of aryl methyl sites for hydroxylation is 1. The highest BCUT2D eigenvalue weighted by molar-refractivity contribution is 7.99. The molecule has 3 aromatic carbocycles. The molecule has 35 heavy (non-hydrogen) atoms. The van der Waals surface area contributed by atoms with Crippen molar-refractivity contribution in [2.75, 3.05) is 12.3 Å². The van der Waals surface area contributed by atoms with Gasteiger partial charge in [-0.05, 0) is 37.1 Å². The first-order chi connectivity index (χ1) is 16.9. The summed E-state index contributed by atoms with van der Waals surface area (Å²) < 4.78 is 14.2. The molecule has 0 unspecified atom stereocenters. The van der Waals surface area contributed by atoms with E-state index in [9.17, 15) is 14.0 Å². The summed E-state index contributed by atoms with van der Waals surface area (Å²) in [4.78, 5) is 28.3. The van der Waals surface area contributed by atoms with E-state index in [-0.39, 0.29) is 23.3 Å². The van der Waals surface area contributed by atoms with Crippen molar-refractivity contribution in [3.05, 3.63) is 106 Å².